The summed E-state index contributed by atoms with van der Waals surface area (Å²) in [6, 6.07) is 0. The Morgan fingerprint density at radius 1 is 1.35 bits per heavy atom. The van der Waals surface area contributed by atoms with Crippen LogP contribution in [0.2, 0.25) is 0 Å². The Labute approximate surface area is 162 Å². The average molecular weight is 398 g/mol. The highest BCUT2D eigenvalue weighted by Crippen LogP contribution is 2.41. The molecule has 3 heterocycles. The first-order chi connectivity index (χ1) is 12.5. The second kappa shape index (κ2) is 8.84. The number of nitrogens with one attached hydrogen (secondary N) is 1. The Kier molecular flexibility index (Phi) is 6.74. The second-order valence-electron chi connectivity index (χ2n) is 6.88. The summed E-state index contributed by atoms with van der Waals surface area (Å²) in [4.78, 5) is 11.9. The molecule has 0 spiro atoms. The number of hydrogen-bond acceptors (Lipinski definition) is 8. The molecule has 0 saturated heterocycles. The second-order valence-corrected chi connectivity index (χ2v) is 9.02. The highest BCUT2D eigenvalue weighted by atomic mass is 32.2. The van der Waals surface area contributed by atoms with Crippen LogP contribution in [0.5, 0.6) is 0 Å². The van der Waals surface area contributed by atoms with Crippen molar-refractivity contribution in [2.45, 2.75) is 51.0 Å². The Bertz CT molecular complexity index is 749. The van der Waals surface area contributed by atoms with Crippen molar-refractivity contribution in [1.29, 1.82) is 0 Å². The summed E-state index contributed by atoms with van der Waals surface area (Å²) in [6.07, 6.45) is 1.95. The maximum absolute atomic E-state index is 8.82. The fraction of sp³-hybridized carbons (Fsp3) is 0.667. The highest BCUT2D eigenvalue weighted by Gasteiger charge is 2.31. The van der Waals surface area contributed by atoms with Crippen molar-refractivity contribution in [1.82, 2.24) is 9.97 Å². The zero-order valence-electron chi connectivity index (χ0n) is 15.6. The van der Waals surface area contributed by atoms with Gasteiger partial charge in [-0.1, -0.05) is 18.7 Å². The zero-order valence-corrected chi connectivity index (χ0v) is 17.3. The van der Waals surface area contributed by atoms with E-state index in [9.17, 15) is 0 Å². The number of anilines is 1. The molecular formula is C18H27N3O3S2. The van der Waals surface area contributed by atoms with E-state index in [1.807, 2.05) is 0 Å². The van der Waals surface area contributed by atoms with Crippen LogP contribution >= 0.6 is 23.1 Å². The first kappa shape index (κ1) is 19.8. The number of thiophene rings is 1. The minimum absolute atomic E-state index is 0.0443. The Morgan fingerprint density at radius 3 is 2.96 bits per heavy atom. The molecule has 0 saturated carbocycles. The van der Waals surface area contributed by atoms with Gasteiger partial charge in [0.15, 0.2) is 5.16 Å². The van der Waals surface area contributed by atoms with Crippen molar-refractivity contribution in [3.8, 4) is 0 Å². The quantitative estimate of drug-likeness (QED) is 0.381. The third-order valence-electron chi connectivity index (χ3n) is 4.12. The zero-order chi connectivity index (χ0) is 18.6. The lowest BCUT2D eigenvalue weighted by atomic mass is 9.94. The number of thioether (sulfide) groups is 1. The molecule has 6 nitrogen and oxygen atoms in total. The van der Waals surface area contributed by atoms with E-state index in [4.69, 9.17) is 24.5 Å². The number of aliphatic hydroxyl groups is 1. The Morgan fingerprint density at radius 2 is 2.19 bits per heavy atom. The van der Waals surface area contributed by atoms with Gasteiger partial charge in [0.2, 0.25) is 0 Å². The van der Waals surface area contributed by atoms with Gasteiger partial charge < -0.3 is 19.9 Å². The van der Waals surface area contributed by atoms with Gasteiger partial charge in [0.05, 0.1) is 37.4 Å². The first-order valence-corrected chi connectivity index (χ1v) is 10.9. The van der Waals surface area contributed by atoms with E-state index >= 15 is 0 Å². The van der Waals surface area contributed by atoms with Gasteiger partial charge in [0.25, 0.3) is 0 Å². The number of aliphatic hydroxyl groups excluding tert-OH is 1. The van der Waals surface area contributed by atoms with Crippen LogP contribution in [-0.4, -0.2) is 52.8 Å². The summed E-state index contributed by atoms with van der Waals surface area (Å²) < 4.78 is 11.3. The molecule has 0 bridgehead atoms. The molecule has 0 atom stereocenters. The van der Waals surface area contributed by atoms with E-state index in [1.165, 1.54) is 10.4 Å². The smallest absolute Gasteiger partial charge is 0.190 e. The number of rotatable bonds is 9. The van der Waals surface area contributed by atoms with Crippen LogP contribution in [0.25, 0.3) is 10.2 Å². The molecule has 1 aliphatic rings. The standard InChI is InChI=1S/C18H27N3O3S2/c1-4-9-25-17-20-15(19-5-7-23-8-6-22)14-12-10-18(2,3)24-11-13(12)26-16(14)21-17/h22H,4-11H2,1-3H3,(H,19,20,21). The summed E-state index contributed by atoms with van der Waals surface area (Å²) >= 11 is 3.41. The summed E-state index contributed by atoms with van der Waals surface area (Å²) in [7, 11) is 0. The van der Waals surface area contributed by atoms with Crippen LogP contribution < -0.4 is 5.32 Å². The van der Waals surface area contributed by atoms with Gasteiger partial charge in [-0.2, -0.15) is 0 Å². The average Bonchev–Trinajstić information content (AvgIpc) is 2.96. The van der Waals surface area contributed by atoms with E-state index < -0.39 is 0 Å². The van der Waals surface area contributed by atoms with Gasteiger partial charge in [0.1, 0.15) is 10.6 Å². The summed E-state index contributed by atoms with van der Waals surface area (Å²) in [5.41, 5.74) is 1.14. The maximum atomic E-state index is 8.82. The summed E-state index contributed by atoms with van der Waals surface area (Å²) in [6.45, 7) is 8.63. The molecule has 26 heavy (non-hydrogen) atoms. The molecule has 2 aromatic rings. The monoisotopic (exact) mass is 397 g/mol. The van der Waals surface area contributed by atoms with Crippen LogP contribution in [0.1, 0.15) is 37.6 Å². The Balaban J connectivity index is 1.91. The van der Waals surface area contributed by atoms with Gasteiger partial charge in [-0.3, -0.25) is 0 Å². The van der Waals surface area contributed by atoms with E-state index in [-0.39, 0.29) is 12.2 Å². The lowest BCUT2D eigenvalue weighted by Crippen LogP contribution is -2.31. The molecule has 3 rings (SSSR count). The van der Waals surface area contributed by atoms with E-state index in [2.05, 4.69) is 26.1 Å². The molecule has 0 aromatic carbocycles. The van der Waals surface area contributed by atoms with Gasteiger partial charge in [-0.25, -0.2) is 9.97 Å². The minimum atomic E-state index is -0.169. The van der Waals surface area contributed by atoms with Crippen LogP contribution in [-0.2, 0) is 22.5 Å². The number of aromatic nitrogens is 2. The van der Waals surface area contributed by atoms with Crippen molar-refractivity contribution in [2.24, 2.45) is 0 Å². The number of nitrogens with zero attached hydrogens (tertiary/aromatic N) is 2. The van der Waals surface area contributed by atoms with Crippen molar-refractivity contribution in [3.05, 3.63) is 10.4 Å². The highest BCUT2D eigenvalue weighted by molar-refractivity contribution is 7.99. The number of fused-ring (bicyclic) bond motifs is 3. The summed E-state index contributed by atoms with van der Waals surface area (Å²) in [5.74, 6) is 1.89. The van der Waals surface area contributed by atoms with Gasteiger partial charge >= 0.3 is 0 Å². The van der Waals surface area contributed by atoms with Crippen LogP contribution in [0.3, 0.4) is 0 Å². The maximum Gasteiger partial charge on any atom is 0.190 e. The number of hydrogen-bond donors (Lipinski definition) is 2. The molecule has 8 heteroatoms. The van der Waals surface area contributed by atoms with E-state index in [0.717, 1.165) is 39.8 Å². The van der Waals surface area contributed by atoms with Gasteiger partial charge in [0, 0.05) is 23.6 Å². The van der Waals surface area contributed by atoms with Crippen molar-refractivity contribution < 1.29 is 14.6 Å². The molecule has 0 unspecified atom stereocenters. The number of ether oxygens (including phenoxy) is 2. The van der Waals surface area contributed by atoms with Gasteiger partial charge in [-0.05, 0) is 25.8 Å². The molecule has 0 aliphatic carbocycles. The molecule has 0 amide bonds. The SMILES string of the molecule is CCCSc1nc(NCCOCCO)c2c3c(sc2n1)COC(C)(C)C3. The molecule has 144 valence electrons. The van der Waals surface area contributed by atoms with E-state index in [1.54, 1.807) is 23.1 Å². The molecule has 1 aliphatic heterocycles. The molecular weight excluding hydrogens is 370 g/mol. The van der Waals surface area contributed by atoms with Crippen molar-refractivity contribution in [3.63, 3.8) is 0 Å². The third-order valence-corrected chi connectivity index (χ3v) is 6.27. The Hall–Kier alpha value is -0.930. The van der Waals surface area contributed by atoms with E-state index in [0.29, 0.717) is 26.4 Å². The normalized spacial score (nSPS) is 16.0. The lowest BCUT2D eigenvalue weighted by molar-refractivity contribution is -0.0379. The predicted octanol–water partition coefficient (Wildman–Crippen LogP) is 3.47. The molecule has 0 fully saturated rings. The summed E-state index contributed by atoms with van der Waals surface area (Å²) in [5, 5.41) is 14.2. The van der Waals surface area contributed by atoms with Crippen molar-refractivity contribution >= 4 is 39.1 Å². The minimum Gasteiger partial charge on any atom is -0.394 e. The molecule has 2 N–H and O–H groups in total. The van der Waals surface area contributed by atoms with Crippen LogP contribution in [0.4, 0.5) is 5.82 Å². The molecule has 2 aromatic heterocycles. The van der Waals surface area contributed by atoms with Crippen LogP contribution in [0, 0.1) is 0 Å². The fourth-order valence-corrected chi connectivity index (χ4v) is 4.78. The predicted molar refractivity (Wildman–Crippen MR) is 107 cm³/mol. The third kappa shape index (κ3) is 4.67. The van der Waals surface area contributed by atoms with Crippen molar-refractivity contribution in [2.75, 3.05) is 37.4 Å². The first-order valence-electron chi connectivity index (χ1n) is 9.05. The fourth-order valence-electron chi connectivity index (χ4n) is 2.92. The topological polar surface area (TPSA) is 76.5 Å². The lowest BCUT2D eigenvalue weighted by Gasteiger charge is -2.30. The largest absolute Gasteiger partial charge is 0.394 e. The van der Waals surface area contributed by atoms with Crippen LogP contribution in [0.15, 0.2) is 5.16 Å². The van der Waals surface area contributed by atoms with Gasteiger partial charge in [-0.15, -0.1) is 11.3 Å². The molecule has 0 radical (unpaired) electrons.